The second kappa shape index (κ2) is 7.38. The summed E-state index contributed by atoms with van der Waals surface area (Å²) in [5, 5.41) is 7.85. The topological polar surface area (TPSA) is 46.9 Å². The van der Waals surface area contributed by atoms with Crippen LogP contribution in [0, 0.1) is 6.92 Å². The van der Waals surface area contributed by atoms with Crippen LogP contribution in [0.5, 0.6) is 0 Å². The number of amides is 1. The van der Waals surface area contributed by atoms with Crippen LogP contribution in [-0.4, -0.2) is 21.4 Å². The van der Waals surface area contributed by atoms with Crippen molar-refractivity contribution in [3.63, 3.8) is 0 Å². The van der Waals surface area contributed by atoms with Crippen molar-refractivity contribution in [3.05, 3.63) is 71.4 Å². The van der Waals surface area contributed by atoms with Crippen molar-refractivity contribution in [1.82, 2.24) is 9.78 Å². The Hall–Kier alpha value is -2.53. The number of benzene rings is 2. The van der Waals surface area contributed by atoms with Crippen molar-refractivity contribution in [1.29, 1.82) is 0 Å². The van der Waals surface area contributed by atoms with Gasteiger partial charge < -0.3 is 5.32 Å². The van der Waals surface area contributed by atoms with Crippen molar-refractivity contribution in [2.24, 2.45) is 0 Å². The van der Waals surface area contributed by atoms with Crippen LogP contribution in [0.2, 0.25) is 0 Å². The molecule has 132 valence electrons. The number of carbonyl (C=O) groups is 1. The lowest BCUT2D eigenvalue weighted by atomic mass is 10.2. The second-order valence-corrected chi connectivity index (χ2v) is 7.57. The number of carbonyl (C=O) groups excluding carboxylic acids is 1. The molecule has 0 atom stereocenters. The van der Waals surface area contributed by atoms with Crippen molar-refractivity contribution < 1.29 is 4.79 Å². The highest BCUT2D eigenvalue weighted by atomic mass is 32.2. The number of rotatable bonds is 5. The normalized spacial score (nSPS) is 12.8. The van der Waals surface area contributed by atoms with E-state index in [1.54, 1.807) is 11.8 Å². The van der Waals surface area contributed by atoms with Gasteiger partial charge in [-0.05, 0) is 50.5 Å². The zero-order valence-corrected chi connectivity index (χ0v) is 15.6. The molecule has 0 aliphatic heterocycles. The Morgan fingerprint density at radius 2 is 1.88 bits per heavy atom. The van der Waals surface area contributed by atoms with Crippen molar-refractivity contribution >= 4 is 23.5 Å². The first-order chi connectivity index (χ1) is 12.7. The molecule has 0 radical (unpaired) electrons. The highest BCUT2D eigenvalue weighted by Crippen LogP contribution is 2.31. The Kier molecular flexibility index (Phi) is 4.80. The number of nitrogens with one attached hydrogen (secondary N) is 1. The minimum atomic E-state index is 0.00218. The number of hydrogen-bond donors (Lipinski definition) is 1. The third kappa shape index (κ3) is 3.53. The van der Waals surface area contributed by atoms with E-state index >= 15 is 0 Å². The van der Waals surface area contributed by atoms with Gasteiger partial charge in [-0.3, -0.25) is 4.79 Å². The van der Waals surface area contributed by atoms with Crippen LogP contribution in [0.25, 0.3) is 5.69 Å². The van der Waals surface area contributed by atoms with Gasteiger partial charge in [0.05, 0.1) is 17.1 Å². The summed E-state index contributed by atoms with van der Waals surface area (Å²) >= 11 is 1.55. The molecule has 0 unspecified atom stereocenters. The molecule has 26 heavy (non-hydrogen) atoms. The predicted molar refractivity (Wildman–Crippen MR) is 106 cm³/mol. The van der Waals surface area contributed by atoms with Crippen LogP contribution in [0.4, 0.5) is 5.82 Å². The SMILES string of the molecule is Cc1ccc(SCC(=O)Nc2c3c(nn2-c2ccccc2)CCC3)cc1. The van der Waals surface area contributed by atoms with Gasteiger partial charge in [-0.2, -0.15) is 5.10 Å². The van der Waals surface area contributed by atoms with E-state index in [1.807, 2.05) is 35.0 Å². The molecule has 2 aromatic carbocycles. The Bertz CT molecular complexity index is 916. The van der Waals surface area contributed by atoms with Gasteiger partial charge in [-0.25, -0.2) is 4.68 Å². The van der Waals surface area contributed by atoms with Gasteiger partial charge in [-0.1, -0.05) is 35.9 Å². The van der Waals surface area contributed by atoms with E-state index in [4.69, 9.17) is 5.10 Å². The zero-order valence-electron chi connectivity index (χ0n) is 14.7. The summed E-state index contributed by atoms with van der Waals surface area (Å²) in [6.07, 6.45) is 3.06. The van der Waals surface area contributed by atoms with E-state index < -0.39 is 0 Å². The summed E-state index contributed by atoms with van der Waals surface area (Å²) in [5.41, 5.74) is 4.49. The molecule has 0 fully saturated rings. The molecular weight excluding hydrogens is 342 g/mol. The van der Waals surface area contributed by atoms with Crippen LogP contribution in [-0.2, 0) is 17.6 Å². The van der Waals surface area contributed by atoms with Crippen LogP contribution in [0.3, 0.4) is 0 Å². The smallest absolute Gasteiger partial charge is 0.235 e. The number of aromatic nitrogens is 2. The number of para-hydroxylation sites is 1. The third-order valence-electron chi connectivity index (χ3n) is 4.56. The molecule has 4 rings (SSSR count). The summed E-state index contributed by atoms with van der Waals surface area (Å²) in [6.45, 7) is 2.06. The first-order valence-electron chi connectivity index (χ1n) is 8.86. The lowest BCUT2D eigenvalue weighted by Gasteiger charge is -2.11. The molecule has 3 aromatic rings. The summed E-state index contributed by atoms with van der Waals surface area (Å²) < 4.78 is 1.87. The lowest BCUT2D eigenvalue weighted by Crippen LogP contribution is -2.18. The van der Waals surface area contributed by atoms with Gasteiger partial charge in [0.15, 0.2) is 0 Å². The molecule has 0 spiro atoms. The Balaban J connectivity index is 1.52. The van der Waals surface area contributed by atoms with E-state index in [1.165, 1.54) is 11.1 Å². The predicted octanol–water partition coefficient (Wildman–Crippen LogP) is 4.40. The molecule has 1 aliphatic carbocycles. The van der Waals surface area contributed by atoms with Gasteiger partial charge in [0.25, 0.3) is 0 Å². The number of anilines is 1. The van der Waals surface area contributed by atoms with Crippen molar-refractivity contribution in [2.75, 3.05) is 11.1 Å². The lowest BCUT2D eigenvalue weighted by molar-refractivity contribution is -0.113. The second-order valence-electron chi connectivity index (χ2n) is 6.52. The number of hydrogen-bond acceptors (Lipinski definition) is 3. The fourth-order valence-corrected chi connectivity index (χ4v) is 3.93. The summed E-state index contributed by atoms with van der Waals surface area (Å²) in [6, 6.07) is 18.2. The first-order valence-corrected chi connectivity index (χ1v) is 9.85. The molecule has 1 N–H and O–H groups in total. The highest BCUT2D eigenvalue weighted by Gasteiger charge is 2.24. The molecule has 4 nitrogen and oxygen atoms in total. The number of nitrogens with zero attached hydrogens (tertiary/aromatic N) is 2. The van der Waals surface area contributed by atoms with Crippen LogP contribution in [0.15, 0.2) is 59.5 Å². The molecule has 5 heteroatoms. The van der Waals surface area contributed by atoms with Crippen LogP contribution < -0.4 is 5.32 Å². The van der Waals surface area contributed by atoms with Gasteiger partial charge in [-0.15, -0.1) is 11.8 Å². The van der Waals surface area contributed by atoms with Gasteiger partial charge in [0, 0.05) is 10.5 Å². The largest absolute Gasteiger partial charge is 0.310 e. The highest BCUT2D eigenvalue weighted by molar-refractivity contribution is 8.00. The van der Waals surface area contributed by atoms with Crippen LogP contribution >= 0.6 is 11.8 Å². The number of aryl methyl sites for hydroxylation is 2. The van der Waals surface area contributed by atoms with Gasteiger partial charge in [0.1, 0.15) is 5.82 Å². The maximum atomic E-state index is 12.6. The van der Waals surface area contributed by atoms with Crippen LogP contribution in [0.1, 0.15) is 23.2 Å². The van der Waals surface area contributed by atoms with E-state index in [2.05, 4.69) is 36.5 Å². The van der Waals surface area contributed by atoms with E-state index in [0.29, 0.717) is 5.75 Å². The quantitative estimate of drug-likeness (QED) is 0.684. The fraction of sp³-hybridized carbons (Fsp3) is 0.238. The monoisotopic (exact) mass is 363 g/mol. The molecule has 0 saturated carbocycles. The first kappa shape index (κ1) is 16.9. The zero-order chi connectivity index (χ0) is 17.9. The molecule has 1 aliphatic rings. The third-order valence-corrected chi connectivity index (χ3v) is 5.57. The fourth-order valence-electron chi connectivity index (χ4n) is 3.23. The van der Waals surface area contributed by atoms with E-state index in [0.717, 1.165) is 41.4 Å². The Morgan fingerprint density at radius 1 is 1.12 bits per heavy atom. The average molecular weight is 363 g/mol. The maximum Gasteiger partial charge on any atom is 0.235 e. The minimum Gasteiger partial charge on any atom is -0.310 e. The summed E-state index contributed by atoms with van der Waals surface area (Å²) in [4.78, 5) is 13.7. The van der Waals surface area contributed by atoms with E-state index in [9.17, 15) is 4.79 Å². The molecule has 1 amide bonds. The molecule has 0 bridgehead atoms. The summed E-state index contributed by atoms with van der Waals surface area (Å²) in [5.74, 6) is 1.22. The molecule has 0 saturated heterocycles. The minimum absolute atomic E-state index is 0.00218. The van der Waals surface area contributed by atoms with Crippen molar-refractivity contribution in [3.8, 4) is 5.69 Å². The van der Waals surface area contributed by atoms with Gasteiger partial charge in [0.2, 0.25) is 5.91 Å². The Labute approximate surface area is 157 Å². The van der Waals surface area contributed by atoms with Gasteiger partial charge >= 0.3 is 0 Å². The molecule has 1 aromatic heterocycles. The average Bonchev–Trinajstić information content (AvgIpc) is 3.25. The Morgan fingerprint density at radius 3 is 2.65 bits per heavy atom. The number of thioether (sulfide) groups is 1. The molecule has 1 heterocycles. The number of fused-ring (bicyclic) bond motifs is 1. The van der Waals surface area contributed by atoms with Crippen molar-refractivity contribution in [2.45, 2.75) is 31.1 Å². The standard InChI is InChI=1S/C21H21N3OS/c1-15-10-12-17(13-11-15)26-14-20(25)22-21-18-8-5-9-19(18)23-24(21)16-6-3-2-4-7-16/h2-4,6-7,10-13H,5,8-9,14H2,1H3,(H,22,25). The summed E-state index contributed by atoms with van der Waals surface area (Å²) in [7, 11) is 0. The van der Waals surface area contributed by atoms with E-state index in [-0.39, 0.29) is 5.91 Å². The molecular formula is C21H21N3OS. The maximum absolute atomic E-state index is 12.6.